The number of thiophene rings is 1. The van der Waals surface area contributed by atoms with E-state index in [1.807, 2.05) is 29.8 Å². The normalized spacial score (nSPS) is 10.9. The molecule has 0 radical (unpaired) electrons. The van der Waals surface area contributed by atoms with Gasteiger partial charge in [-0.15, -0.1) is 0 Å². The molecule has 3 heterocycles. The first kappa shape index (κ1) is 17.2. The van der Waals surface area contributed by atoms with Gasteiger partial charge in [0.05, 0.1) is 12.8 Å². The van der Waals surface area contributed by atoms with E-state index in [1.165, 1.54) is 0 Å². The van der Waals surface area contributed by atoms with E-state index >= 15 is 0 Å². The number of rotatable bonds is 5. The number of aromatic nitrogens is 3. The monoisotopic (exact) mass is 378 g/mol. The maximum absolute atomic E-state index is 12.7. The fourth-order valence-corrected chi connectivity index (χ4v) is 3.48. The van der Waals surface area contributed by atoms with Crippen molar-refractivity contribution in [2.24, 2.45) is 0 Å². The molecule has 7 heteroatoms. The number of hydrogen-bond donors (Lipinski definition) is 1. The van der Waals surface area contributed by atoms with Gasteiger partial charge in [0.25, 0.3) is 5.91 Å². The number of amides is 1. The van der Waals surface area contributed by atoms with Crippen LogP contribution >= 0.6 is 11.3 Å². The van der Waals surface area contributed by atoms with Gasteiger partial charge in [-0.2, -0.15) is 16.4 Å². The van der Waals surface area contributed by atoms with E-state index in [4.69, 9.17) is 4.74 Å². The summed E-state index contributed by atoms with van der Waals surface area (Å²) in [6.07, 6.45) is 0.743. The second kappa shape index (κ2) is 7.20. The number of carbonyl (C=O) groups excluding carboxylic acids is 1. The van der Waals surface area contributed by atoms with Crippen molar-refractivity contribution in [1.82, 2.24) is 14.6 Å². The van der Waals surface area contributed by atoms with Crippen molar-refractivity contribution in [3.05, 3.63) is 64.6 Å². The van der Waals surface area contributed by atoms with Crippen LogP contribution in [0.1, 0.15) is 23.1 Å². The molecule has 0 saturated heterocycles. The number of nitrogens with one attached hydrogen (secondary N) is 1. The van der Waals surface area contributed by atoms with E-state index < -0.39 is 0 Å². The number of nitrogens with zero attached hydrogens (tertiary/aromatic N) is 3. The number of ether oxygens (including phenoxy) is 1. The van der Waals surface area contributed by atoms with E-state index in [0.717, 1.165) is 29.1 Å². The first-order valence-corrected chi connectivity index (χ1v) is 9.50. The summed E-state index contributed by atoms with van der Waals surface area (Å²) in [6.45, 7) is 2.03. The van der Waals surface area contributed by atoms with Crippen LogP contribution in [0.15, 0.2) is 53.2 Å². The fraction of sp³-hybridized carbons (Fsp3) is 0.150. The molecule has 0 aliphatic rings. The van der Waals surface area contributed by atoms with Crippen LogP contribution in [-0.2, 0) is 6.42 Å². The number of fused-ring (bicyclic) bond motifs is 1. The van der Waals surface area contributed by atoms with Crippen LogP contribution in [0.2, 0.25) is 0 Å². The maximum Gasteiger partial charge on any atom is 0.274 e. The lowest BCUT2D eigenvalue weighted by atomic mass is 10.2. The maximum atomic E-state index is 12.7. The van der Waals surface area contributed by atoms with Gasteiger partial charge in [0.1, 0.15) is 11.4 Å². The Balaban J connectivity index is 1.67. The number of anilines is 1. The molecule has 1 aromatic carbocycles. The third-order valence-corrected chi connectivity index (χ3v) is 4.94. The summed E-state index contributed by atoms with van der Waals surface area (Å²) in [5.41, 5.74) is 4.56. The van der Waals surface area contributed by atoms with Gasteiger partial charge in [-0.3, -0.25) is 4.79 Å². The molecule has 0 saturated carbocycles. The van der Waals surface area contributed by atoms with Crippen molar-refractivity contribution < 1.29 is 9.53 Å². The van der Waals surface area contributed by atoms with Crippen molar-refractivity contribution in [3.8, 4) is 17.0 Å². The minimum atomic E-state index is -0.254. The molecule has 0 unspecified atom stereocenters. The third kappa shape index (κ3) is 3.41. The standard InChI is InChI=1S/C20H18N4O2S/c1-3-15-10-18(20(25)21-14-4-6-16(26-2)7-5-14)22-19-11-17(23-24(15)19)13-8-9-27-12-13/h4-12H,3H2,1-2H3,(H,21,25). The Hall–Kier alpha value is -3.19. The highest BCUT2D eigenvalue weighted by Gasteiger charge is 2.15. The van der Waals surface area contributed by atoms with Crippen LogP contribution in [0.5, 0.6) is 5.75 Å². The zero-order valence-corrected chi connectivity index (χ0v) is 15.8. The van der Waals surface area contributed by atoms with Crippen molar-refractivity contribution in [3.63, 3.8) is 0 Å². The van der Waals surface area contributed by atoms with Crippen molar-refractivity contribution >= 4 is 28.6 Å². The Morgan fingerprint density at radius 1 is 1.22 bits per heavy atom. The van der Waals surface area contributed by atoms with Gasteiger partial charge in [-0.25, -0.2) is 9.50 Å². The quantitative estimate of drug-likeness (QED) is 0.563. The smallest absolute Gasteiger partial charge is 0.274 e. The lowest BCUT2D eigenvalue weighted by Crippen LogP contribution is -2.15. The van der Waals surface area contributed by atoms with Crippen LogP contribution in [0, 0.1) is 0 Å². The van der Waals surface area contributed by atoms with Gasteiger partial charge in [-0.1, -0.05) is 6.92 Å². The Morgan fingerprint density at radius 2 is 2.04 bits per heavy atom. The Morgan fingerprint density at radius 3 is 2.70 bits per heavy atom. The summed E-state index contributed by atoms with van der Waals surface area (Å²) in [5, 5.41) is 11.6. The first-order chi connectivity index (χ1) is 13.2. The van der Waals surface area contributed by atoms with Crippen molar-refractivity contribution in [2.45, 2.75) is 13.3 Å². The summed E-state index contributed by atoms with van der Waals surface area (Å²) in [4.78, 5) is 17.2. The molecule has 0 atom stereocenters. The topological polar surface area (TPSA) is 68.5 Å². The molecular weight excluding hydrogens is 360 g/mol. The van der Waals surface area contributed by atoms with E-state index in [2.05, 4.69) is 15.4 Å². The van der Waals surface area contributed by atoms with Crippen LogP contribution in [-0.4, -0.2) is 27.6 Å². The summed E-state index contributed by atoms with van der Waals surface area (Å²) < 4.78 is 6.94. The molecule has 0 aliphatic carbocycles. The van der Waals surface area contributed by atoms with Crippen LogP contribution in [0.3, 0.4) is 0 Å². The molecule has 4 aromatic rings. The lowest BCUT2D eigenvalue weighted by molar-refractivity contribution is 0.102. The Labute approximate surface area is 160 Å². The number of benzene rings is 1. The minimum absolute atomic E-state index is 0.254. The van der Waals surface area contributed by atoms with Gasteiger partial charge in [0, 0.05) is 28.4 Å². The van der Waals surface area contributed by atoms with E-state index in [1.54, 1.807) is 53.3 Å². The SMILES string of the molecule is CCc1cc(C(=O)Nc2ccc(OC)cc2)nc2cc(-c3ccsc3)nn12. The first-order valence-electron chi connectivity index (χ1n) is 8.55. The average molecular weight is 378 g/mol. The summed E-state index contributed by atoms with van der Waals surface area (Å²) in [6, 6.07) is 12.9. The lowest BCUT2D eigenvalue weighted by Gasteiger charge is -2.08. The molecule has 136 valence electrons. The molecule has 0 aliphatic heterocycles. The molecule has 3 aromatic heterocycles. The van der Waals surface area contributed by atoms with Crippen molar-refractivity contribution in [1.29, 1.82) is 0 Å². The predicted molar refractivity (Wildman–Crippen MR) is 107 cm³/mol. The van der Waals surface area contributed by atoms with Gasteiger partial charge in [0.2, 0.25) is 0 Å². The summed E-state index contributed by atoms with van der Waals surface area (Å²) in [7, 11) is 1.61. The minimum Gasteiger partial charge on any atom is -0.497 e. The average Bonchev–Trinajstić information content (AvgIpc) is 3.37. The molecule has 0 fully saturated rings. The Bertz CT molecular complexity index is 1090. The molecule has 4 rings (SSSR count). The highest BCUT2D eigenvalue weighted by molar-refractivity contribution is 7.08. The highest BCUT2D eigenvalue weighted by atomic mass is 32.1. The van der Waals surface area contributed by atoms with E-state index in [9.17, 15) is 4.79 Å². The number of carbonyl (C=O) groups is 1. The van der Waals surface area contributed by atoms with Gasteiger partial charge in [-0.05, 0) is 48.2 Å². The molecule has 1 N–H and O–H groups in total. The Kier molecular flexibility index (Phi) is 4.60. The van der Waals surface area contributed by atoms with Crippen LogP contribution in [0.25, 0.3) is 16.9 Å². The molecule has 1 amide bonds. The van der Waals surface area contributed by atoms with Crippen LogP contribution < -0.4 is 10.1 Å². The molecule has 6 nitrogen and oxygen atoms in total. The van der Waals surface area contributed by atoms with E-state index in [-0.39, 0.29) is 5.91 Å². The van der Waals surface area contributed by atoms with Gasteiger partial charge in [0.15, 0.2) is 5.65 Å². The molecular formula is C20H18N4O2S. The summed E-state index contributed by atoms with van der Waals surface area (Å²) in [5.74, 6) is 0.483. The second-order valence-electron chi connectivity index (χ2n) is 5.98. The molecule has 27 heavy (non-hydrogen) atoms. The third-order valence-electron chi connectivity index (χ3n) is 4.26. The van der Waals surface area contributed by atoms with Gasteiger partial charge < -0.3 is 10.1 Å². The zero-order valence-electron chi connectivity index (χ0n) is 15.0. The number of methoxy groups -OCH3 is 1. The van der Waals surface area contributed by atoms with Gasteiger partial charge >= 0.3 is 0 Å². The number of aryl methyl sites for hydroxylation is 1. The fourth-order valence-electron chi connectivity index (χ4n) is 2.83. The molecule has 0 spiro atoms. The molecule has 0 bridgehead atoms. The predicted octanol–water partition coefficient (Wildman–Crippen LogP) is 4.28. The zero-order chi connectivity index (χ0) is 18.8. The summed E-state index contributed by atoms with van der Waals surface area (Å²) >= 11 is 1.62. The highest BCUT2D eigenvalue weighted by Crippen LogP contribution is 2.23. The van der Waals surface area contributed by atoms with Crippen LogP contribution in [0.4, 0.5) is 5.69 Å². The van der Waals surface area contributed by atoms with Crippen molar-refractivity contribution in [2.75, 3.05) is 12.4 Å². The largest absolute Gasteiger partial charge is 0.497 e. The second-order valence-corrected chi connectivity index (χ2v) is 6.76. The van der Waals surface area contributed by atoms with E-state index in [0.29, 0.717) is 17.0 Å². The number of hydrogen-bond acceptors (Lipinski definition) is 5.